The highest BCUT2D eigenvalue weighted by Gasteiger charge is 3.13. The molecule has 6 aliphatic carbocycles. The topological polar surface area (TPSA) is 71.1 Å². The van der Waals surface area contributed by atoms with Crippen LogP contribution in [0.2, 0.25) is 0 Å². The lowest BCUT2D eigenvalue weighted by Crippen LogP contribution is -2.61. The first kappa shape index (κ1) is 25.9. The van der Waals surface area contributed by atoms with Gasteiger partial charge >= 0.3 is 11.9 Å². The molecule has 0 atom stereocenters. The van der Waals surface area contributed by atoms with Crippen LogP contribution in [-0.2, 0) is 9.59 Å². The Bertz CT molecular complexity index is 1150. The molecule has 0 aliphatic heterocycles. The van der Waals surface area contributed by atoms with Gasteiger partial charge in [0.1, 0.15) is 23.0 Å². The van der Waals surface area contributed by atoms with E-state index in [0.717, 1.165) is 24.3 Å². The van der Waals surface area contributed by atoms with Crippen molar-refractivity contribution < 1.29 is 28.5 Å². The van der Waals surface area contributed by atoms with Gasteiger partial charge in [-0.3, -0.25) is 9.59 Å². The molecular formula is C34H40O6. The highest BCUT2D eigenvalue weighted by molar-refractivity contribution is 5.98. The molecule has 0 saturated heterocycles. The van der Waals surface area contributed by atoms with Gasteiger partial charge in [-0.1, -0.05) is 52.4 Å². The van der Waals surface area contributed by atoms with Crippen molar-refractivity contribution in [2.24, 2.45) is 46.3 Å². The number of rotatable bonds is 16. The second-order valence-corrected chi connectivity index (χ2v) is 12.6. The SMILES string of the molecule is CCCCCCOc1ccc(OC(=O)C23C4C2C2C5C3C4C52C(=O)Oc2ccc(OCCCCCC)cc2)cc1. The lowest BCUT2D eigenvalue weighted by atomic mass is 9.47. The molecule has 0 heterocycles. The Hall–Kier alpha value is -3.02. The minimum absolute atomic E-state index is 0.101. The average molecular weight is 545 g/mol. The predicted octanol–water partition coefficient (Wildman–Crippen LogP) is 6.85. The lowest BCUT2D eigenvalue weighted by Gasteiger charge is -2.54. The summed E-state index contributed by atoms with van der Waals surface area (Å²) in [5.41, 5.74) is -0.681. The van der Waals surface area contributed by atoms with Crippen LogP contribution in [0.15, 0.2) is 48.5 Å². The zero-order valence-electron chi connectivity index (χ0n) is 23.6. The van der Waals surface area contributed by atoms with Gasteiger partial charge in [0.2, 0.25) is 0 Å². The molecule has 0 spiro atoms. The number of carbonyl (C=O) groups is 2. The number of carbonyl (C=O) groups excluding carboxylic acids is 2. The number of hydrogen-bond donors (Lipinski definition) is 0. The largest absolute Gasteiger partial charge is 0.494 e. The highest BCUT2D eigenvalue weighted by Crippen LogP contribution is 3.10. The van der Waals surface area contributed by atoms with E-state index in [2.05, 4.69) is 13.8 Å². The summed E-state index contributed by atoms with van der Waals surface area (Å²) in [6, 6.07) is 14.8. The third-order valence-electron chi connectivity index (χ3n) is 10.7. The number of benzene rings is 2. The summed E-state index contributed by atoms with van der Waals surface area (Å²) >= 11 is 0. The highest BCUT2D eigenvalue weighted by atomic mass is 16.5. The van der Waals surface area contributed by atoms with Crippen LogP contribution in [0.3, 0.4) is 0 Å². The molecule has 0 unspecified atom stereocenters. The second kappa shape index (κ2) is 9.81. The van der Waals surface area contributed by atoms with Crippen molar-refractivity contribution in [1.29, 1.82) is 0 Å². The number of ether oxygens (including phenoxy) is 4. The van der Waals surface area contributed by atoms with Crippen LogP contribution in [0.25, 0.3) is 0 Å². The molecule has 6 saturated carbocycles. The summed E-state index contributed by atoms with van der Waals surface area (Å²) in [4.78, 5) is 26.6. The van der Waals surface area contributed by atoms with E-state index in [9.17, 15) is 9.59 Å². The van der Waals surface area contributed by atoms with Crippen molar-refractivity contribution in [3.63, 3.8) is 0 Å². The smallest absolute Gasteiger partial charge is 0.318 e. The van der Waals surface area contributed by atoms with E-state index in [0.29, 0.717) is 60.2 Å². The Labute approximate surface area is 236 Å². The van der Waals surface area contributed by atoms with E-state index in [1.165, 1.54) is 38.5 Å². The zero-order chi connectivity index (χ0) is 27.5. The van der Waals surface area contributed by atoms with Crippen LogP contribution in [0.5, 0.6) is 23.0 Å². The minimum Gasteiger partial charge on any atom is -0.494 e. The quantitative estimate of drug-likeness (QED) is 0.131. The van der Waals surface area contributed by atoms with Crippen molar-refractivity contribution in [2.45, 2.75) is 65.2 Å². The molecule has 212 valence electrons. The predicted molar refractivity (Wildman–Crippen MR) is 149 cm³/mol. The first-order valence-corrected chi connectivity index (χ1v) is 15.5. The molecule has 6 aliphatic rings. The number of hydrogen-bond acceptors (Lipinski definition) is 6. The van der Waals surface area contributed by atoms with Crippen molar-refractivity contribution in [3.8, 4) is 23.0 Å². The molecule has 2 aromatic rings. The normalized spacial score (nSPS) is 34.1. The summed E-state index contributed by atoms with van der Waals surface area (Å²) in [5, 5.41) is 0. The number of unbranched alkanes of at least 4 members (excludes halogenated alkanes) is 6. The van der Waals surface area contributed by atoms with Gasteiger partial charge in [-0.05, 0) is 96.9 Å². The van der Waals surface area contributed by atoms with E-state index in [1.807, 2.05) is 48.5 Å². The molecule has 6 heteroatoms. The molecule has 6 fully saturated rings. The van der Waals surface area contributed by atoms with Crippen LogP contribution in [-0.4, -0.2) is 25.2 Å². The van der Waals surface area contributed by atoms with Crippen molar-refractivity contribution in [2.75, 3.05) is 13.2 Å². The van der Waals surface area contributed by atoms with Crippen LogP contribution in [0.1, 0.15) is 65.2 Å². The maximum absolute atomic E-state index is 13.3. The van der Waals surface area contributed by atoms with E-state index < -0.39 is 0 Å². The fraction of sp³-hybridized carbons (Fsp3) is 0.588. The second-order valence-electron chi connectivity index (χ2n) is 12.6. The number of esters is 2. The molecule has 0 aromatic heterocycles. The van der Waals surface area contributed by atoms with Gasteiger partial charge < -0.3 is 18.9 Å². The molecule has 0 amide bonds. The van der Waals surface area contributed by atoms with Gasteiger partial charge in [0.05, 0.1) is 24.0 Å². The van der Waals surface area contributed by atoms with Gasteiger partial charge in [0, 0.05) is 0 Å². The summed E-state index contributed by atoms with van der Waals surface area (Å²) in [6.07, 6.45) is 9.35. The molecule has 40 heavy (non-hydrogen) atoms. The third-order valence-corrected chi connectivity index (χ3v) is 10.7. The van der Waals surface area contributed by atoms with E-state index in [-0.39, 0.29) is 22.8 Å². The Morgan fingerprint density at radius 3 is 1.18 bits per heavy atom. The van der Waals surface area contributed by atoms with Crippen LogP contribution in [0, 0.1) is 46.3 Å². The summed E-state index contributed by atoms with van der Waals surface area (Å²) in [7, 11) is 0. The van der Waals surface area contributed by atoms with Crippen LogP contribution < -0.4 is 18.9 Å². The fourth-order valence-electron chi connectivity index (χ4n) is 9.15. The van der Waals surface area contributed by atoms with Crippen LogP contribution >= 0.6 is 0 Å². The van der Waals surface area contributed by atoms with Crippen molar-refractivity contribution in [1.82, 2.24) is 0 Å². The molecule has 0 bridgehead atoms. The van der Waals surface area contributed by atoms with Gasteiger partial charge in [0.25, 0.3) is 0 Å². The fourth-order valence-corrected chi connectivity index (χ4v) is 9.15. The maximum Gasteiger partial charge on any atom is 0.318 e. The van der Waals surface area contributed by atoms with Gasteiger partial charge in [0.15, 0.2) is 0 Å². The van der Waals surface area contributed by atoms with E-state index >= 15 is 0 Å². The average Bonchev–Trinajstić information content (AvgIpc) is 3.70. The standard InChI is InChI=1S/C34H40O6/c1-3-5-7-9-19-37-21-11-15-23(16-12-21)39-31(35)33-25-27(33)28-26-29(33)30(25)34(26,28)32(36)40-24-17-13-22(14-18-24)38-20-10-8-6-4-2/h11-18,25-30H,3-10,19-20H2,1-2H3. The molecule has 0 N–H and O–H groups in total. The molecule has 0 radical (unpaired) electrons. The van der Waals surface area contributed by atoms with Crippen molar-refractivity contribution in [3.05, 3.63) is 48.5 Å². The summed E-state index contributed by atoms with van der Waals surface area (Å²) < 4.78 is 23.3. The van der Waals surface area contributed by atoms with Gasteiger partial charge in [-0.25, -0.2) is 0 Å². The Kier molecular flexibility index (Phi) is 6.36. The molecular weight excluding hydrogens is 504 g/mol. The Morgan fingerprint density at radius 2 is 0.850 bits per heavy atom. The molecule has 6 nitrogen and oxygen atoms in total. The van der Waals surface area contributed by atoms with E-state index in [1.54, 1.807) is 0 Å². The third kappa shape index (κ3) is 3.53. The maximum atomic E-state index is 13.3. The van der Waals surface area contributed by atoms with Gasteiger partial charge in [-0.15, -0.1) is 0 Å². The first-order valence-electron chi connectivity index (χ1n) is 15.5. The lowest BCUT2D eigenvalue weighted by molar-refractivity contribution is -0.182. The first-order chi connectivity index (χ1) is 19.6. The molecule has 8 rings (SSSR count). The molecule has 2 aromatic carbocycles. The van der Waals surface area contributed by atoms with Crippen molar-refractivity contribution >= 4 is 11.9 Å². The zero-order valence-corrected chi connectivity index (χ0v) is 23.6. The Balaban J connectivity index is 0.891. The van der Waals surface area contributed by atoms with Gasteiger partial charge in [-0.2, -0.15) is 0 Å². The summed E-state index contributed by atoms with van der Waals surface area (Å²) in [6.45, 7) is 5.81. The van der Waals surface area contributed by atoms with Crippen LogP contribution in [0.4, 0.5) is 0 Å². The summed E-state index contributed by atoms with van der Waals surface area (Å²) in [5.74, 6) is 4.30. The van der Waals surface area contributed by atoms with E-state index in [4.69, 9.17) is 18.9 Å². The monoisotopic (exact) mass is 544 g/mol. The minimum atomic E-state index is -0.341. The Morgan fingerprint density at radius 1 is 0.525 bits per heavy atom.